The van der Waals surface area contributed by atoms with E-state index in [0.29, 0.717) is 16.5 Å². The standard InChI is InChI=1S/C15H10N2O5.Na/c18-12(19)7-8-3-1-4-9-13(8)16-14-10(15(9)20)5-2-6-11(14)17(21)22;/h1-6H,7H2,(H,16,20)(H,18,19);/q;+1. The Morgan fingerprint density at radius 2 is 1.74 bits per heavy atom. The van der Waals surface area contributed by atoms with Gasteiger partial charge in [-0.15, -0.1) is 0 Å². The van der Waals surface area contributed by atoms with Gasteiger partial charge in [-0.1, -0.05) is 18.2 Å². The number of aromatic nitrogens is 1. The van der Waals surface area contributed by atoms with Crippen LogP contribution in [0.15, 0.2) is 41.2 Å². The number of hydrogen-bond donors (Lipinski definition) is 2. The molecule has 0 spiro atoms. The Kier molecular flexibility index (Phi) is 4.84. The summed E-state index contributed by atoms with van der Waals surface area (Å²) >= 11 is 0. The number of H-pyrrole nitrogens is 1. The molecule has 0 radical (unpaired) electrons. The van der Waals surface area contributed by atoms with E-state index in [9.17, 15) is 19.7 Å². The minimum Gasteiger partial charge on any atom is -0.481 e. The Bertz CT molecular complexity index is 996. The molecular weight excluding hydrogens is 311 g/mol. The summed E-state index contributed by atoms with van der Waals surface area (Å²) in [6.45, 7) is 0. The van der Waals surface area contributed by atoms with Gasteiger partial charge in [0.25, 0.3) is 5.69 Å². The monoisotopic (exact) mass is 321 g/mol. The van der Waals surface area contributed by atoms with Gasteiger partial charge in [0.2, 0.25) is 0 Å². The van der Waals surface area contributed by atoms with Crippen LogP contribution in [0.3, 0.4) is 0 Å². The number of nitro benzene ring substituents is 1. The van der Waals surface area contributed by atoms with Gasteiger partial charge in [0, 0.05) is 11.5 Å². The zero-order valence-corrected chi connectivity index (χ0v) is 14.2. The first-order chi connectivity index (χ1) is 10.5. The van der Waals surface area contributed by atoms with Gasteiger partial charge in [-0.25, -0.2) is 0 Å². The van der Waals surface area contributed by atoms with E-state index >= 15 is 0 Å². The quantitative estimate of drug-likeness (QED) is 0.284. The number of pyridine rings is 1. The number of benzene rings is 2. The Morgan fingerprint density at radius 1 is 1.13 bits per heavy atom. The molecule has 0 unspecified atom stereocenters. The summed E-state index contributed by atoms with van der Waals surface area (Å²) < 4.78 is 0. The molecule has 1 aromatic heterocycles. The number of nitro groups is 1. The minimum absolute atomic E-state index is 0. The molecule has 0 atom stereocenters. The maximum atomic E-state index is 12.5. The van der Waals surface area contributed by atoms with E-state index in [4.69, 9.17) is 5.11 Å². The largest absolute Gasteiger partial charge is 1.00 e. The van der Waals surface area contributed by atoms with Crippen LogP contribution in [-0.2, 0) is 11.2 Å². The van der Waals surface area contributed by atoms with Gasteiger partial charge in [-0.3, -0.25) is 19.7 Å². The van der Waals surface area contributed by atoms with Crippen LogP contribution in [0.4, 0.5) is 5.69 Å². The van der Waals surface area contributed by atoms with Gasteiger partial charge in [0.1, 0.15) is 5.52 Å². The molecule has 0 fully saturated rings. The summed E-state index contributed by atoms with van der Waals surface area (Å²) in [5, 5.41) is 20.6. The van der Waals surface area contributed by atoms with Crippen LogP contribution in [-0.4, -0.2) is 21.0 Å². The third kappa shape index (κ3) is 2.98. The van der Waals surface area contributed by atoms with Gasteiger partial charge in [0.05, 0.1) is 22.2 Å². The Hall–Kier alpha value is -2.22. The number of fused-ring (bicyclic) bond motifs is 2. The number of nitrogens with zero attached hydrogens (tertiary/aromatic N) is 1. The fraction of sp³-hybridized carbons (Fsp3) is 0.0667. The normalized spacial score (nSPS) is 10.4. The van der Waals surface area contributed by atoms with Crippen LogP contribution in [0.2, 0.25) is 0 Å². The van der Waals surface area contributed by atoms with Crippen LogP contribution in [0.5, 0.6) is 0 Å². The molecular formula is C15H10N2NaO5+. The minimum atomic E-state index is -1.05. The maximum Gasteiger partial charge on any atom is 1.00 e. The molecule has 3 aromatic rings. The molecule has 0 saturated heterocycles. The van der Waals surface area contributed by atoms with Crippen molar-refractivity contribution in [3.05, 3.63) is 62.3 Å². The molecule has 2 N–H and O–H groups in total. The predicted molar refractivity (Wildman–Crippen MR) is 80.1 cm³/mol. The molecule has 2 aromatic carbocycles. The van der Waals surface area contributed by atoms with Crippen molar-refractivity contribution in [2.75, 3.05) is 0 Å². The Labute approximate surface area is 151 Å². The fourth-order valence-electron chi connectivity index (χ4n) is 2.53. The summed E-state index contributed by atoms with van der Waals surface area (Å²) in [5.74, 6) is -1.05. The van der Waals surface area contributed by atoms with Crippen molar-refractivity contribution in [2.45, 2.75) is 6.42 Å². The third-order valence-corrected chi connectivity index (χ3v) is 3.47. The van der Waals surface area contributed by atoms with E-state index in [1.807, 2.05) is 0 Å². The molecule has 0 bridgehead atoms. The first-order valence-electron chi connectivity index (χ1n) is 6.42. The number of rotatable bonds is 3. The molecule has 0 aliphatic carbocycles. The zero-order chi connectivity index (χ0) is 15.9. The second-order valence-corrected chi connectivity index (χ2v) is 4.82. The van der Waals surface area contributed by atoms with E-state index in [-0.39, 0.29) is 58.0 Å². The molecule has 0 saturated carbocycles. The van der Waals surface area contributed by atoms with E-state index in [1.54, 1.807) is 18.2 Å². The van der Waals surface area contributed by atoms with E-state index in [2.05, 4.69) is 4.98 Å². The molecule has 23 heavy (non-hydrogen) atoms. The fourth-order valence-corrected chi connectivity index (χ4v) is 2.53. The van der Waals surface area contributed by atoms with Crippen molar-refractivity contribution in [2.24, 2.45) is 0 Å². The summed E-state index contributed by atoms with van der Waals surface area (Å²) in [6.07, 6.45) is -0.278. The van der Waals surface area contributed by atoms with E-state index in [1.165, 1.54) is 18.2 Å². The summed E-state index contributed by atoms with van der Waals surface area (Å²) in [6, 6.07) is 8.99. The SMILES string of the molecule is O=C(O)Cc1cccc2c(=O)c3cccc([N+](=O)[O-])c3[nH]c12.[Na+]. The van der Waals surface area contributed by atoms with Crippen LogP contribution < -0.4 is 35.0 Å². The van der Waals surface area contributed by atoms with Crippen LogP contribution in [0, 0.1) is 10.1 Å². The van der Waals surface area contributed by atoms with E-state index < -0.39 is 10.9 Å². The molecule has 0 amide bonds. The number of carboxylic acids is 1. The topological polar surface area (TPSA) is 113 Å². The smallest absolute Gasteiger partial charge is 0.481 e. The van der Waals surface area contributed by atoms with Crippen molar-refractivity contribution in [3.63, 3.8) is 0 Å². The molecule has 110 valence electrons. The number of non-ortho nitro benzene ring substituents is 1. The van der Waals surface area contributed by atoms with Crippen LogP contribution >= 0.6 is 0 Å². The molecule has 8 heteroatoms. The predicted octanol–water partition coefficient (Wildman–Crippen LogP) is -0.779. The molecule has 0 aliphatic rings. The first kappa shape index (κ1) is 17.1. The number of carbonyl (C=O) groups is 1. The number of nitrogens with one attached hydrogen (secondary N) is 1. The van der Waals surface area contributed by atoms with Crippen LogP contribution in [0.25, 0.3) is 21.8 Å². The Balaban J connectivity index is 0.00000192. The maximum absolute atomic E-state index is 12.5. The van der Waals surface area contributed by atoms with Crippen LogP contribution in [0.1, 0.15) is 5.56 Å². The summed E-state index contributed by atoms with van der Waals surface area (Å²) in [4.78, 5) is 36.9. The first-order valence-corrected chi connectivity index (χ1v) is 6.42. The van der Waals surface area contributed by atoms with Crippen molar-refractivity contribution in [3.8, 4) is 0 Å². The molecule has 3 rings (SSSR count). The second kappa shape index (κ2) is 6.49. The van der Waals surface area contributed by atoms with Gasteiger partial charge < -0.3 is 10.1 Å². The van der Waals surface area contributed by atoms with E-state index in [0.717, 1.165) is 0 Å². The Morgan fingerprint density at radius 3 is 2.35 bits per heavy atom. The van der Waals surface area contributed by atoms with Gasteiger partial charge in [0.15, 0.2) is 5.43 Å². The number of carboxylic acid groups (broad SMARTS) is 1. The summed E-state index contributed by atoms with van der Waals surface area (Å²) in [7, 11) is 0. The number of hydrogen-bond acceptors (Lipinski definition) is 4. The average Bonchev–Trinajstić information content (AvgIpc) is 2.47. The number of aromatic amines is 1. The van der Waals surface area contributed by atoms with Crippen molar-refractivity contribution in [1.29, 1.82) is 0 Å². The van der Waals surface area contributed by atoms with Crippen molar-refractivity contribution in [1.82, 2.24) is 4.98 Å². The average molecular weight is 321 g/mol. The third-order valence-electron chi connectivity index (χ3n) is 3.47. The molecule has 7 nitrogen and oxygen atoms in total. The number of aliphatic carboxylic acids is 1. The molecule has 0 aliphatic heterocycles. The molecule has 1 heterocycles. The van der Waals surface area contributed by atoms with Crippen molar-refractivity contribution < 1.29 is 44.4 Å². The zero-order valence-electron chi connectivity index (χ0n) is 12.2. The second-order valence-electron chi connectivity index (χ2n) is 4.82. The van der Waals surface area contributed by atoms with Gasteiger partial charge in [-0.2, -0.15) is 0 Å². The van der Waals surface area contributed by atoms with Gasteiger partial charge in [-0.05, 0) is 17.7 Å². The number of para-hydroxylation sites is 2. The van der Waals surface area contributed by atoms with Gasteiger partial charge >= 0.3 is 35.5 Å². The summed E-state index contributed by atoms with van der Waals surface area (Å²) in [5.41, 5.74) is 0.239. The van der Waals surface area contributed by atoms with Crippen molar-refractivity contribution >= 4 is 33.5 Å².